The predicted molar refractivity (Wildman–Crippen MR) is 58.6 cm³/mol. The van der Waals surface area contributed by atoms with E-state index in [4.69, 9.17) is 0 Å². The first-order valence-electron chi connectivity index (χ1n) is 5.75. The van der Waals surface area contributed by atoms with E-state index in [1.54, 1.807) is 0 Å². The SMILES string of the molecule is Cc1ccccc1C[C@H]1C[NH2+][C@H](C(=O)[O-])C1. The zero-order chi connectivity index (χ0) is 11.5. The second-order valence-electron chi connectivity index (χ2n) is 4.63. The van der Waals surface area contributed by atoms with E-state index < -0.39 is 5.97 Å². The Bertz CT molecular complexity index is 389. The number of hydrogen-bond acceptors (Lipinski definition) is 2. The molecule has 1 aromatic carbocycles. The van der Waals surface area contributed by atoms with Gasteiger partial charge in [-0.15, -0.1) is 0 Å². The monoisotopic (exact) mass is 219 g/mol. The van der Waals surface area contributed by atoms with Crippen molar-refractivity contribution >= 4 is 5.97 Å². The molecule has 0 radical (unpaired) electrons. The molecule has 0 aliphatic carbocycles. The van der Waals surface area contributed by atoms with Crippen LogP contribution in [0.2, 0.25) is 0 Å². The van der Waals surface area contributed by atoms with E-state index in [0.717, 1.165) is 19.4 Å². The third-order valence-corrected chi connectivity index (χ3v) is 3.41. The highest BCUT2D eigenvalue weighted by Crippen LogP contribution is 2.17. The van der Waals surface area contributed by atoms with Crippen molar-refractivity contribution in [2.45, 2.75) is 25.8 Å². The van der Waals surface area contributed by atoms with E-state index in [1.165, 1.54) is 11.1 Å². The molecule has 16 heavy (non-hydrogen) atoms. The molecule has 0 bridgehead atoms. The topological polar surface area (TPSA) is 56.7 Å². The first-order chi connectivity index (χ1) is 7.66. The number of carbonyl (C=O) groups excluding carboxylic acids is 1. The number of carbonyl (C=O) groups is 1. The maximum atomic E-state index is 10.7. The summed E-state index contributed by atoms with van der Waals surface area (Å²) in [6.45, 7) is 3.00. The summed E-state index contributed by atoms with van der Waals surface area (Å²) in [4.78, 5) is 10.7. The van der Waals surface area contributed by atoms with E-state index >= 15 is 0 Å². The lowest BCUT2D eigenvalue weighted by Gasteiger charge is -2.09. The second kappa shape index (κ2) is 4.66. The maximum absolute atomic E-state index is 10.7. The molecule has 2 N–H and O–H groups in total. The summed E-state index contributed by atoms with van der Waals surface area (Å²) >= 11 is 0. The van der Waals surface area contributed by atoms with E-state index in [2.05, 4.69) is 19.1 Å². The largest absolute Gasteiger partial charge is 0.544 e. The van der Waals surface area contributed by atoms with Crippen LogP contribution in [-0.2, 0) is 11.2 Å². The molecule has 1 saturated heterocycles. The van der Waals surface area contributed by atoms with Crippen molar-refractivity contribution in [1.29, 1.82) is 0 Å². The molecule has 1 aliphatic heterocycles. The molecule has 0 spiro atoms. The van der Waals surface area contributed by atoms with E-state index in [0.29, 0.717) is 5.92 Å². The molecule has 0 aromatic heterocycles. The summed E-state index contributed by atoms with van der Waals surface area (Å²) in [6, 6.07) is 7.96. The van der Waals surface area contributed by atoms with Crippen LogP contribution < -0.4 is 10.4 Å². The second-order valence-corrected chi connectivity index (χ2v) is 4.63. The quantitative estimate of drug-likeness (QED) is 0.726. The molecular weight excluding hydrogens is 202 g/mol. The average Bonchev–Trinajstić information content (AvgIpc) is 2.70. The minimum atomic E-state index is -0.924. The van der Waals surface area contributed by atoms with E-state index in [9.17, 15) is 9.90 Å². The summed E-state index contributed by atoms with van der Waals surface area (Å²) in [5.41, 5.74) is 2.62. The number of hydrogen-bond donors (Lipinski definition) is 1. The number of aryl methyl sites for hydroxylation is 1. The lowest BCUT2D eigenvalue weighted by Crippen LogP contribution is -2.90. The number of rotatable bonds is 3. The van der Waals surface area contributed by atoms with E-state index in [-0.39, 0.29) is 6.04 Å². The third kappa shape index (κ3) is 2.42. The Morgan fingerprint density at radius 1 is 1.50 bits per heavy atom. The van der Waals surface area contributed by atoms with Crippen LogP contribution in [0.4, 0.5) is 0 Å². The fourth-order valence-corrected chi connectivity index (χ4v) is 2.42. The number of aliphatic carboxylic acids is 1. The van der Waals surface area contributed by atoms with Gasteiger partial charge >= 0.3 is 0 Å². The van der Waals surface area contributed by atoms with Crippen molar-refractivity contribution in [3.63, 3.8) is 0 Å². The fourth-order valence-electron chi connectivity index (χ4n) is 2.42. The zero-order valence-electron chi connectivity index (χ0n) is 9.48. The molecule has 0 unspecified atom stereocenters. The van der Waals surface area contributed by atoms with Gasteiger partial charge in [0.05, 0.1) is 12.5 Å². The molecule has 3 nitrogen and oxygen atoms in total. The Hall–Kier alpha value is -1.35. The van der Waals surface area contributed by atoms with Crippen LogP contribution in [0.5, 0.6) is 0 Å². The minimum absolute atomic E-state index is 0.339. The van der Waals surface area contributed by atoms with Gasteiger partial charge < -0.3 is 15.2 Å². The third-order valence-electron chi connectivity index (χ3n) is 3.41. The smallest absolute Gasteiger partial charge is 0.127 e. The molecular formula is C13H17NO2. The molecule has 3 heteroatoms. The fraction of sp³-hybridized carbons (Fsp3) is 0.462. The van der Waals surface area contributed by atoms with Gasteiger partial charge in [0.15, 0.2) is 0 Å². The molecule has 2 atom stereocenters. The number of nitrogens with two attached hydrogens (primary N) is 1. The Kier molecular flexibility index (Phi) is 3.25. The van der Waals surface area contributed by atoms with Gasteiger partial charge in [-0.25, -0.2) is 0 Å². The number of carboxylic acid groups (broad SMARTS) is 1. The van der Waals surface area contributed by atoms with Gasteiger partial charge in [-0.2, -0.15) is 0 Å². The standard InChI is InChI=1S/C13H17NO2/c1-9-4-2-3-5-11(9)6-10-7-12(13(15)16)14-8-10/h2-5,10,12,14H,6-8H2,1H3,(H,15,16)/t10-,12+/m1/s1. The summed E-state index contributed by atoms with van der Waals surface area (Å²) < 4.78 is 0. The molecule has 1 aliphatic rings. The van der Waals surface area contributed by atoms with Gasteiger partial charge in [0.1, 0.15) is 6.04 Å². The summed E-state index contributed by atoms with van der Waals surface area (Å²) in [5.74, 6) is -0.462. The highest BCUT2D eigenvalue weighted by Gasteiger charge is 2.29. The van der Waals surface area contributed by atoms with Gasteiger partial charge in [0, 0.05) is 12.3 Å². The van der Waals surface area contributed by atoms with Crippen molar-refractivity contribution in [3.05, 3.63) is 35.4 Å². The lowest BCUT2D eigenvalue weighted by atomic mass is 9.94. The van der Waals surface area contributed by atoms with Crippen molar-refractivity contribution in [2.75, 3.05) is 6.54 Å². The Labute approximate surface area is 95.5 Å². The highest BCUT2D eigenvalue weighted by molar-refractivity contribution is 5.69. The molecule has 1 aromatic rings. The first-order valence-corrected chi connectivity index (χ1v) is 5.75. The summed E-state index contributed by atoms with van der Waals surface area (Å²) in [6.07, 6.45) is 1.71. The van der Waals surface area contributed by atoms with Crippen LogP contribution in [0.3, 0.4) is 0 Å². The Morgan fingerprint density at radius 2 is 2.25 bits per heavy atom. The molecule has 0 saturated carbocycles. The predicted octanol–water partition coefficient (Wildman–Crippen LogP) is -0.761. The minimum Gasteiger partial charge on any atom is -0.544 e. The first kappa shape index (κ1) is 11.1. The van der Waals surface area contributed by atoms with Gasteiger partial charge in [-0.1, -0.05) is 24.3 Å². The van der Waals surface area contributed by atoms with Crippen molar-refractivity contribution < 1.29 is 15.2 Å². The van der Waals surface area contributed by atoms with Crippen LogP contribution in [-0.4, -0.2) is 18.6 Å². The van der Waals surface area contributed by atoms with Crippen LogP contribution in [0, 0.1) is 12.8 Å². The number of quaternary nitrogens is 1. The van der Waals surface area contributed by atoms with Crippen molar-refractivity contribution in [1.82, 2.24) is 0 Å². The van der Waals surface area contributed by atoms with Gasteiger partial charge in [-0.3, -0.25) is 0 Å². The lowest BCUT2D eigenvalue weighted by molar-refractivity contribution is -0.666. The van der Waals surface area contributed by atoms with Crippen LogP contribution in [0.25, 0.3) is 0 Å². The van der Waals surface area contributed by atoms with Crippen LogP contribution in [0.15, 0.2) is 24.3 Å². The Balaban J connectivity index is 1.97. The van der Waals surface area contributed by atoms with Gasteiger partial charge in [-0.05, 0) is 24.5 Å². The zero-order valence-corrected chi connectivity index (χ0v) is 9.48. The highest BCUT2D eigenvalue weighted by atomic mass is 16.4. The summed E-state index contributed by atoms with van der Waals surface area (Å²) in [5, 5.41) is 12.6. The molecule has 2 rings (SSSR count). The normalized spacial score (nSPS) is 24.6. The van der Waals surface area contributed by atoms with Crippen LogP contribution in [0.1, 0.15) is 17.5 Å². The molecule has 0 amide bonds. The molecule has 1 fully saturated rings. The van der Waals surface area contributed by atoms with E-state index in [1.807, 2.05) is 17.4 Å². The van der Waals surface area contributed by atoms with Crippen molar-refractivity contribution in [2.24, 2.45) is 5.92 Å². The maximum Gasteiger partial charge on any atom is 0.127 e. The van der Waals surface area contributed by atoms with Crippen LogP contribution >= 0.6 is 0 Å². The number of benzene rings is 1. The van der Waals surface area contributed by atoms with Crippen molar-refractivity contribution in [3.8, 4) is 0 Å². The number of carboxylic acids is 1. The van der Waals surface area contributed by atoms with Gasteiger partial charge in [0.25, 0.3) is 0 Å². The molecule has 1 heterocycles. The van der Waals surface area contributed by atoms with Gasteiger partial charge in [0.2, 0.25) is 0 Å². The average molecular weight is 219 g/mol. The Morgan fingerprint density at radius 3 is 2.88 bits per heavy atom. The summed E-state index contributed by atoms with van der Waals surface area (Å²) in [7, 11) is 0. The molecule has 86 valence electrons.